The van der Waals surface area contributed by atoms with Gasteiger partial charge in [-0.3, -0.25) is 4.79 Å². The molecule has 1 amide bonds. The van der Waals surface area contributed by atoms with Crippen LogP contribution >= 0.6 is 0 Å². The lowest BCUT2D eigenvalue weighted by atomic mass is 9.77. The average Bonchev–Trinajstić information content (AvgIpc) is 3.43. The number of rotatable bonds is 7. The molecule has 0 radical (unpaired) electrons. The number of aromatic nitrogens is 2. The molecule has 1 spiro atoms. The van der Waals surface area contributed by atoms with Crippen LogP contribution in [0.25, 0.3) is 0 Å². The van der Waals surface area contributed by atoms with E-state index in [2.05, 4.69) is 16.5 Å². The molecule has 4 aliphatic rings. The molecule has 2 aliphatic carbocycles. The number of likely N-dealkylation sites (tertiary alicyclic amines) is 1. The molecule has 0 N–H and O–H groups in total. The van der Waals surface area contributed by atoms with E-state index in [1.165, 1.54) is 31.5 Å². The minimum atomic E-state index is -0.336. The summed E-state index contributed by atoms with van der Waals surface area (Å²) in [7, 11) is 3.96. The van der Waals surface area contributed by atoms with Crippen molar-refractivity contribution in [3.8, 4) is 0 Å². The molecular formula is C23H36N4O3. The highest BCUT2D eigenvalue weighted by molar-refractivity contribution is 5.77. The number of carbonyl (C=O) groups is 1. The Labute approximate surface area is 179 Å². The second-order valence-electron chi connectivity index (χ2n) is 10.0. The molecule has 0 unspecified atom stereocenters. The van der Waals surface area contributed by atoms with Gasteiger partial charge in [0.05, 0.1) is 24.3 Å². The smallest absolute Gasteiger partial charge is 0.225 e. The van der Waals surface area contributed by atoms with Crippen molar-refractivity contribution in [2.45, 2.75) is 75.7 Å². The molecule has 7 heteroatoms. The minimum Gasteiger partial charge on any atom is -0.378 e. The highest BCUT2D eigenvalue weighted by Crippen LogP contribution is 2.41. The summed E-state index contributed by atoms with van der Waals surface area (Å²) in [6.07, 6.45) is 10.2. The van der Waals surface area contributed by atoms with Crippen LogP contribution in [0.4, 0.5) is 0 Å². The molecule has 0 bridgehead atoms. The van der Waals surface area contributed by atoms with Gasteiger partial charge in [-0.05, 0) is 45.1 Å². The second-order valence-corrected chi connectivity index (χ2v) is 10.0. The van der Waals surface area contributed by atoms with Crippen molar-refractivity contribution in [2.75, 3.05) is 40.4 Å². The minimum absolute atomic E-state index is 0.203. The van der Waals surface area contributed by atoms with Crippen LogP contribution in [0.2, 0.25) is 0 Å². The molecule has 1 aromatic rings. The van der Waals surface area contributed by atoms with Gasteiger partial charge < -0.3 is 23.8 Å². The van der Waals surface area contributed by atoms with Gasteiger partial charge in [0.15, 0.2) is 0 Å². The quantitative estimate of drug-likeness (QED) is 0.684. The van der Waals surface area contributed by atoms with E-state index in [1.807, 2.05) is 11.1 Å². The van der Waals surface area contributed by atoms with Gasteiger partial charge in [-0.25, -0.2) is 4.98 Å². The van der Waals surface area contributed by atoms with Gasteiger partial charge in [0.1, 0.15) is 11.4 Å². The van der Waals surface area contributed by atoms with E-state index < -0.39 is 0 Å². The van der Waals surface area contributed by atoms with Crippen LogP contribution in [0.3, 0.4) is 0 Å². The summed E-state index contributed by atoms with van der Waals surface area (Å²) in [6.45, 7) is 5.21. The molecule has 30 heavy (non-hydrogen) atoms. The number of imidazole rings is 1. The first-order valence-corrected chi connectivity index (χ1v) is 11.7. The third kappa shape index (κ3) is 3.80. The van der Waals surface area contributed by atoms with Crippen LogP contribution in [0.1, 0.15) is 62.9 Å². The van der Waals surface area contributed by atoms with Crippen LogP contribution in [0.15, 0.2) is 6.20 Å². The summed E-state index contributed by atoms with van der Waals surface area (Å²) in [5.41, 5.74) is 0.754. The Morgan fingerprint density at radius 2 is 2.03 bits per heavy atom. The van der Waals surface area contributed by atoms with E-state index in [0.29, 0.717) is 6.42 Å². The zero-order valence-corrected chi connectivity index (χ0v) is 18.6. The second kappa shape index (κ2) is 7.92. The lowest BCUT2D eigenvalue weighted by Gasteiger charge is -2.45. The predicted molar refractivity (Wildman–Crippen MR) is 113 cm³/mol. The first-order chi connectivity index (χ1) is 14.5. The van der Waals surface area contributed by atoms with Crippen molar-refractivity contribution >= 4 is 5.91 Å². The largest absolute Gasteiger partial charge is 0.378 e. The van der Waals surface area contributed by atoms with Gasteiger partial charge in [0.25, 0.3) is 0 Å². The van der Waals surface area contributed by atoms with Crippen molar-refractivity contribution in [1.82, 2.24) is 19.4 Å². The van der Waals surface area contributed by atoms with Gasteiger partial charge in [-0.1, -0.05) is 0 Å². The third-order valence-corrected chi connectivity index (χ3v) is 7.83. The Kier molecular flexibility index (Phi) is 5.40. The van der Waals surface area contributed by atoms with Gasteiger partial charge >= 0.3 is 0 Å². The van der Waals surface area contributed by atoms with E-state index in [1.54, 1.807) is 7.11 Å². The summed E-state index contributed by atoms with van der Waals surface area (Å²) in [5.74, 6) is 2.20. The standard InChI is InChI=1S/C23H36N4O3/c1-25(16-18-4-5-18)17-19-15-24-21-23(30-13-12-27(19)21)8-10-26(11-9-23)20(28)14-22(29-2)6-3-7-22/h15,18H,3-14,16-17H2,1-2H3. The summed E-state index contributed by atoms with van der Waals surface area (Å²) in [6, 6.07) is 0. The third-order valence-electron chi connectivity index (χ3n) is 7.83. The van der Waals surface area contributed by atoms with Crippen molar-refractivity contribution in [3.05, 3.63) is 17.7 Å². The Morgan fingerprint density at radius 3 is 2.67 bits per heavy atom. The van der Waals surface area contributed by atoms with Crippen LogP contribution in [-0.2, 0) is 33.0 Å². The van der Waals surface area contributed by atoms with Crippen molar-refractivity contribution in [3.63, 3.8) is 0 Å². The van der Waals surface area contributed by atoms with Crippen LogP contribution < -0.4 is 0 Å². The average molecular weight is 417 g/mol. The van der Waals surface area contributed by atoms with Crippen molar-refractivity contribution in [2.24, 2.45) is 5.92 Å². The first-order valence-electron chi connectivity index (χ1n) is 11.7. The van der Waals surface area contributed by atoms with Crippen molar-refractivity contribution < 1.29 is 14.3 Å². The zero-order valence-electron chi connectivity index (χ0n) is 18.6. The Morgan fingerprint density at radius 1 is 1.27 bits per heavy atom. The lowest BCUT2D eigenvalue weighted by Crippen LogP contribution is -2.52. The molecule has 2 aliphatic heterocycles. The Balaban J connectivity index is 1.23. The summed E-state index contributed by atoms with van der Waals surface area (Å²) >= 11 is 0. The zero-order chi connectivity index (χ0) is 20.8. The molecule has 0 aromatic carbocycles. The van der Waals surface area contributed by atoms with E-state index >= 15 is 0 Å². The number of methoxy groups -OCH3 is 1. The number of carbonyl (C=O) groups excluding carboxylic acids is 1. The number of amides is 1. The molecule has 166 valence electrons. The molecule has 1 saturated heterocycles. The number of fused-ring (bicyclic) bond motifs is 2. The Hall–Kier alpha value is -1.44. The number of ether oxygens (including phenoxy) is 2. The SMILES string of the molecule is COC1(CC(=O)N2CCC3(CC2)OCCn2c(CN(C)CC4CC4)cnc23)CCC1. The van der Waals surface area contributed by atoms with Gasteiger partial charge in [-0.15, -0.1) is 0 Å². The maximum absolute atomic E-state index is 12.9. The number of nitrogens with zero attached hydrogens (tertiary/aromatic N) is 4. The van der Waals surface area contributed by atoms with Crippen LogP contribution in [0.5, 0.6) is 0 Å². The molecule has 1 aromatic heterocycles. The molecule has 7 nitrogen and oxygen atoms in total. The maximum atomic E-state index is 12.9. The van der Waals surface area contributed by atoms with Crippen LogP contribution in [0, 0.1) is 5.92 Å². The molecular weight excluding hydrogens is 380 g/mol. The number of hydrogen-bond donors (Lipinski definition) is 0. The van der Waals surface area contributed by atoms with E-state index in [-0.39, 0.29) is 17.1 Å². The summed E-state index contributed by atoms with van der Waals surface area (Å²) in [5, 5.41) is 0. The monoisotopic (exact) mass is 416 g/mol. The molecule has 5 rings (SSSR count). The van der Waals surface area contributed by atoms with Gasteiger partial charge in [-0.2, -0.15) is 0 Å². The highest BCUT2D eigenvalue weighted by atomic mass is 16.5. The van der Waals surface area contributed by atoms with Gasteiger partial charge in [0.2, 0.25) is 5.91 Å². The topological polar surface area (TPSA) is 59.8 Å². The van der Waals surface area contributed by atoms with Crippen molar-refractivity contribution in [1.29, 1.82) is 0 Å². The van der Waals surface area contributed by atoms with E-state index in [4.69, 9.17) is 14.5 Å². The van der Waals surface area contributed by atoms with Crippen LogP contribution in [-0.4, -0.2) is 71.3 Å². The summed E-state index contributed by atoms with van der Waals surface area (Å²) < 4.78 is 14.4. The normalized spacial score (nSPS) is 24.7. The number of hydrogen-bond acceptors (Lipinski definition) is 5. The number of piperidine rings is 1. The van der Waals surface area contributed by atoms with Gasteiger partial charge in [0, 0.05) is 58.9 Å². The fourth-order valence-corrected chi connectivity index (χ4v) is 5.53. The molecule has 0 atom stereocenters. The predicted octanol–water partition coefficient (Wildman–Crippen LogP) is 2.53. The lowest BCUT2D eigenvalue weighted by molar-refractivity contribution is -0.154. The highest BCUT2D eigenvalue weighted by Gasteiger charge is 2.46. The first kappa shape index (κ1) is 20.5. The molecule has 3 heterocycles. The fourth-order valence-electron chi connectivity index (χ4n) is 5.53. The molecule has 3 fully saturated rings. The molecule has 2 saturated carbocycles. The van der Waals surface area contributed by atoms with E-state index in [0.717, 1.165) is 70.2 Å². The fraction of sp³-hybridized carbons (Fsp3) is 0.826. The Bertz CT molecular complexity index is 770. The summed E-state index contributed by atoms with van der Waals surface area (Å²) in [4.78, 5) is 22.2. The van der Waals surface area contributed by atoms with E-state index in [9.17, 15) is 4.79 Å². The maximum Gasteiger partial charge on any atom is 0.225 e.